The van der Waals surface area contributed by atoms with Crippen LogP contribution in [0.2, 0.25) is 0 Å². The molecule has 3 nitrogen and oxygen atoms in total. The van der Waals surface area contributed by atoms with Gasteiger partial charge >= 0.3 is 0 Å². The van der Waals surface area contributed by atoms with E-state index in [1.54, 1.807) is 25.1 Å². The number of hydrogen-bond donors (Lipinski definition) is 2. The minimum absolute atomic E-state index is 0.0989. The van der Waals surface area contributed by atoms with Gasteiger partial charge in [-0.1, -0.05) is 18.2 Å². The first-order valence-electron chi connectivity index (χ1n) is 6.10. The molecule has 104 valence electrons. The Morgan fingerprint density at radius 2 is 1.90 bits per heavy atom. The van der Waals surface area contributed by atoms with Crippen LogP contribution in [0.5, 0.6) is 0 Å². The largest absolute Gasteiger partial charge is 0.374 e. The highest BCUT2D eigenvalue weighted by Gasteiger charge is 2.07. The molecule has 0 fully saturated rings. The summed E-state index contributed by atoms with van der Waals surface area (Å²) in [4.78, 5) is 11.7. The van der Waals surface area contributed by atoms with E-state index in [4.69, 9.17) is 0 Å². The third-order valence-electron chi connectivity index (χ3n) is 2.76. The number of aryl methyl sites for hydroxylation is 1. The van der Waals surface area contributed by atoms with E-state index in [1.165, 1.54) is 24.3 Å². The Morgan fingerprint density at radius 1 is 1.15 bits per heavy atom. The average molecular weight is 276 g/mol. The molecule has 0 bridgehead atoms. The molecular formula is C15H14F2N2O. The summed E-state index contributed by atoms with van der Waals surface area (Å²) in [5.41, 5.74) is 1.37. The van der Waals surface area contributed by atoms with Gasteiger partial charge < -0.3 is 10.6 Å². The van der Waals surface area contributed by atoms with Gasteiger partial charge in [-0.15, -0.1) is 0 Å². The van der Waals surface area contributed by atoms with Crippen molar-refractivity contribution < 1.29 is 13.6 Å². The molecule has 2 aromatic rings. The highest BCUT2D eigenvalue weighted by Crippen LogP contribution is 2.18. The van der Waals surface area contributed by atoms with Gasteiger partial charge in [-0.05, 0) is 36.8 Å². The second kappa shape index (κ2) is 6.14. The normalized spacial score (nSPS) is 10.2. The maximum atomic E-state index is 13.5. The van der Waals surface area contributed by atoms with Crippen molar-refractivity contribution in [2.24, 2.45) is 0 Å². The first-order chi connectivity index (χ1) is 9.56. The Labute approximate surface area is 115 Å². The molecule has 2 N–H and O–H groups in total. The number of amides is 1. The van der Waals surface area contributed by atoms with Gasteiger partial charge in [0.1, 0.15) is 11.6 Å². The monoisotopic (exact) mass is 276 g/mol. The van der Waals surface area contributed by atoms with Crippen molar-refractivity contribution in [1.82, 2.24) is 0 Å². The first kappa shape index (κ1) is 14.0. The van der Waals surface area contributed by atoms with Gasteiger partial charge in [-0.25, -0.2) is 8.78 Å². The molecule has 1 amide bonds. The van der Waals surface area contributed by atoms with Gasteiger partial charge in [0.15, 0.2) is 0 Å². The number of halogens is 2. The zero-order valence-corrected chi connectivity index (χ0v) is 10.9. The Kier molecular flexibility index (Phi) is 4.30. The lowest BCUT2D eigenvalue weighted by Crippen LogP contribution is -2.22. The van der Waals surface area contributed by atoms with E-state index in [0.29, 0.717) is 16.9 Å². The zero-order chi connectivity index (χ0) is 14.5. The Morgan fingerprint density at radius 3 is 2.60 bits per heavy atom. The summed E-state index contributed by atoms with van der Waals surface area (Å²) in [5.74, 6) is -1.22. The lowest BCUT2D eigenvalue weighted by atomic mass is 10.2. The van der Waals surface area contributed by atoms with Crippen molar-refractivity contribution in [2.45, 2.75) is 6.92 Å². The standard InChI is InChI=1S/C15H14F2N2O/c1-10-4-2-7-13(17)15(10)18-9-14(20)19-12-6-3-5-11(16)8-12/h2-8,18H,9H2,1H3,(H,19,20). The van der Waals surface area contributed by atoms with Crippen molar-refractivity contribution in [3.05, 3.63) is 59.7 Å². The van der Waals surface area contributed by atoms with Crippen LogP contribution in [0, 0.1) is 18.6 Å². The minimum Gasteiger partial charge on any atom is -0.374 e. The van der Waals surface area contributed by atoms with Crippen LogP contribution in [0.3, 0.4) is 0 Å². The van der Waals surface area contributed by atoms with E-state index < -0.39 is 11.6 Å². The number of hydrogen-bond acceptors (Lipinski definition) is 2. The predicted octanol–water partition coefficient (Wildman–Crippen LogP) is 3.32. The van der Waals surface area contributed by atoms with Crippen molar-refractivity contribution >= 4 is 17.3 Å². The second-order valence-electron chi connectivity index (χ2n) is 4.34. The van der Waals surface area contributed by atoms with E-state index >= 15 is 0 Å². The molecule has 2 rings (SSSR count). The van der Waals surface area contributed by atoms with Crippen LogP contribution in [-0.4, -0.2) is 12.5 Å². The smallest absolute Gasteiger partial charge is 0.243 e. The fourth-order valence-electron chi connectivity index (χ4n) is 1.80. The Bertz CT molecular complexity index is 609. The lowest BCUT2D eigenvalue weighted by Gasteiger charge is -2.10. The summed E-state index contributed by atoms with van der Waals surface area (Å²) in [6, 6.07) is 10.2. The lowest BCUT2D eigenvalue weighted by molar-refractivity contribution is -0.114. The van der Waals surface area contributed by atoms with Crippen LogP contribution in [-0.2, 0) is 4.79 Å². The van der Waals surface area contributed by atoms with Crippen molar-refractivity contribution in [2.75, 3.05) is 17.2 Å². The first-order valence-corrected chi connectivity index (χ1v) is 6.10. The molecule has 0 radical (unpaired) electrons. The summed E-state index contributed by atoms with van der Waals surface area (Å²) in [6.45, 7) is 1.65. The molecule has 0 saturated heterocycles. The van der Waals surface area contributed by atoms with E-state index in [9.17, 15) is 13.6 Å². The molecule has 0 unspecified atom stereocenters. The molecule has 0 aliphatic carbocycles. The molecule has 2 aromatic carbocycles. The van der Waals surface area contributed by atoms with Gasteiger partial charge in [-0.3, -0.25) is 4.79 Å². The van der Waals surface area contributed by atoms with Gasteiger partial charge in [0.2, 0.25) is 5.91 Å². The number of carbonyl (C=O) groups excluding carboxylic acids is 1. The number of benzene rings is 2. The number of para-hydroxylation sites is 1. The summed E-state index contributed by atoms with van der Waals surface area (Å²) in [5, 5.41) is 5.26. The second-order valence-corrected chi connectivity index (χ2v) is 4.34. The van der Waals surface area contributed by atoms with Crippen LogP contribution in [0.25, 0.3) is 0 Å². The van der Waals surface area contributed by atoms with Crippen LogP contribution >= 0.6 is 0 Å². The summed E-state index contributed by atoms with van der Waals surface area (Å²) in [7, 11) is 0. The predicted molar refractivity (Wildman–Crippen MR) is 74.7 cm³/mol. The summed E-state index contributed by atoms with van der Waals surface area (Å²) in [6.07, 6.45) is 0. The maximum Gasteiger partial charge on any atom is 0.243 e. The molecular weight excluding hydrogens is 262 g/mol. The molecule has 0 aliphatic heterocycles. The van der Waals surface area contributed by atoms with Crippen LogP contribution in [0.15, 0.2) is 42.5 Å². The number of nitrogens with one attached hydrogen (secondary N) is 2. The van der Waals surface area contributed by atoms with Gasteiger partial charge in [0, 0.05) is 5.69 Å². The van der Waals surface area contributed by atoms with Crippen molar-refractivity contribution in [3.63, 3.8) is 0 Å². The van der Waals surface area contributed by atoms with Crippen LogP contribution < -0.4 is 10.6 Å². The molecule has 0 aliphatic rings. The average Bonchev–Trinajstić information content (AvgIpc) is 2.38. The fourth-order valence-corrected chi connectivity index (χ4v) is 1.80. The molecule has 5 heteroatoms. The van der Waals surface area contributed by atoms with Crippen LogP contribution in [0.1, 0.15) is 5.56 Å². The number of anilines is 2. The minimum atomic E-state index is -0.430. The molecule has 0 saturated carbocycles. The molecule has 0 aromatic heterocycles. The third-order valence-corrected chi connectivity index (χ3v) is 2.76. The topological polar surface area (TPSA) is 41.1 Å². The highest BCUT2D eigenvalue weighted by molar-refractivity contribution is 5.93. The summed E-state index contributed by atoms with van der Waals surface area (Å²) >= 11 is 0. The summed E-state index contributed by atoms with van der Waals surface area (Å²) < 4.78 is 26.5. The van der Waals surface area contributed by atoms with Gasteiger partial charge in [-0.2, -0.15) is 0 Å². The van der Waals surface area contributed by atoms with Crippen molar-refractivity contribution in [1.29, 1.82) is 0 Å². The van der Waals surface area contributed by atoms with Gasteiger partial charge in [0.25, 0.3) is 0 Å². The molecule has 0 atom stereocenters. The maximum absolute atomic E-state index is 13.5. The Balaban J connectivity index is 1.96. The molecule has 20 heavy (non-hydrogen) atoms. The van der Waals surface area contributed by atoms with E-state index in [0.717, 1.165) is 0 Å². The SMILES string of the molecule is Cc1cccc(F)c1NCC(=O)Nc1cccc(F)c1. The Hall–Kier alpha value is -2.43. The van der Waals surface area contributed by atoms with E-state index in [2.05, 4.69) is 10.6 Å². The quantitative estimate of drug-likeness (QED) is 0.899. The van der Waals surface area contributed by atoms with E-state index in [1.807, 2.05) is 0 Å². The molecule has 0 heterocycles. The number of carbonyl (C=O) groups is 1. The van der Waals surface area contributed by atoms with Gasteiger partial charge in [0.05, 0.1) is 12.2 Å². The molecule has 0 spiro atoms. The number of rotatable bonds is 4. The highest BCUT2D eigenvalue weighted by atomic mass is 19.1. The van der Waals surface area contributed by atoms with Crippen LogP contribution in [0.4, 0.5) is 20.2 Å². The van der Waals surface area contributed by atoms with E-state index in [-0.39, 0.29) is 12.5 Å². The third kappa shape index (κ3) is 3.54. The van der Waals surface area contributed by atoms with Crippen molar-refractivity contribution in [3.8, 4) is 0 Å². The fraction of sp³-hybridized carbons (Fsp3) is 0.133. The zero-order valence-electron chi connectivity index (χ0n) is 10.9.